The average Bonchev–Trinajstić information content (AvgIpc) is 3.06. The molecule has 1 heterocycles. The zero-order valence-electron chi connectivity index (χ0n) is 24.6. The van der Waals surface area contributed by atoms with Crippen LogP contribution in [0, 0.1) is 6.92 Å². The van der Waals surface area contributed by atoms with Crippen molar-refractivity contribution >= 4 is 5.91 Å². The van der Waals surface area contributed by atoms with Crippen molar-refractivity contribution in [3.05, 3.63) is 59.7 Å². The molecule has 3 rings (SSSR count). The summed E-state index contributed by atoms with van der Waals surface area (Å²) in [7, 11) is 1.51. The first-order chi connectivity index (χ1) is 18.6. The molecule has 216 valence electrons. The van der Waals surface area contributed by atoms with E-state index in [9.17, 15) is 9.90 Å². The summed E-state index contributed by atoms with van der Waals surface area (Å²) in [4.78, 5) is 18.9. The summed E-state index contributed by atoms with van der Waals surface area (Å²) in [5, 5.41) is 11.6. The molecule has 2 aromatic carbocycles. The fraction of sp³-hybridized carbons (Fsp3) is 0.581. The highest BCUT2D eigenvalue weighted by Gasteiger charge is 2.37. The Kier molecular flexibility index (Phi) is 11.6. The van der Waals surface area contributed by atoms with E-state index in [1.54, 1.807) is 4.90 Å². The van der Waals surface area contributed by atoms with E-state index in [1.165, 1.54) is 7.11 Å². The van der Waals surface area contributed by atoms with E-state index >= 15 is 0 Å². The Morgan fingerprint density at radius 3 is 2.18 bits per heavy atom. The standard InChI is InChI=1S/C31H47N3O5/c1-24(2)34(25(3)4)17-18-38-28-13-9-27(10-14-28)19-32-15-16-33(30(35)20-37-6)22-31(36,21-32)23-39-29-11-7-26(5)8-12-29/h7-14,24-25,36H,15-23H2,1-6H3. The number of amides is 1. The van der Waals surface area contributed by atoms with E-state index < -0.39 is 5.60 Å². The van der Waals surface area contributed by atoms with E-state index in [0.717, 1.165) is 23.4 Å². The van der Waals surface area contributed by atoms with Crippen LogP contribution in [0.2, 0.25) is 0 Å². The maximum atomic E-state index is 12.7. The van der Waals surface area contributed by atoms with E-state index in [2.05, 4.69) is 49.6 Å². The Labute approximate surface area is 234 Å². The average molecular weight is 542 g/mol. The number of benzene rings is 2. The van der Waals surface area contributed by atoms with Gasteiger partial charge in [-0.1, -0.05) is 29.8 Å². The number of hydrogen-bond donors (Lipinski definition) is 1. The van der Waals surface area contributed by atoms with Crippen molar-refractivity contribution in [2.75, 3.05) is 59.7 Å². The molecule has 0 bridgehead atoms. The Bertz CT molecular complexity index is 1000. The van der Waals surface area contributed by atoms with Gasteiger partial charge in [0, 0.05) is 51.9 Å². The molecule has 1 atom stereocenters. The lowest BCUT2D eigenvalue weighted by Gasteiger charge is -2.33. The first-order valence-electron chi connectivity index (χ1n) is 14.0. The SMILES string of the molecule is COCC(=O)N1CCN(Cc2ccc(OCCN(C(C)C)C(C)C)cc2)CC(O)(COc2ccc(C)cc2)C1. The summed E-state index contributed by atoms with van der Waals surface area (Å²) in [6.45, 7) is 14.8. The second-order valence-electron chi connectivity index (χ2n) is 11.2. The van der Waals surface area contributed by atoms with Crippen molar-refractivity contribution in [3.63, 3.8) is 0 Å². The minimum Gasteiger partial charge on any atom is -0.492 e. The zero-order chi connectivity index (χ0) is 28.4. The molecule has 1 aliphatic heterocycles. The minimum atomic E-state index is -1.23. The molecule has 0 aliphatic carbocycles. The molecule has 2 aromatic rings. The van der Waals surface area contributed by atoms with Gasteiger partial charge in [-0.15, -0.1) is 0 Å². The van der Waals surface area contributed by atoms with Gasteiger partial charge in [-0.05, 0) is 64.4 Å². The summed E-state index contributed by atoms with van der Waals surface area (Å²) in [5.41, 5.74) is 1.03. The number of carbonyl (C=O) groups is 1. The van der Waals surface area contributed by atoms with Gasteiger partial charge in [-0.25, -0.2) is 0 Å². The van der Waals surface area contributed by atoms with Gasteiger partial charge in [0.15, 0.2) is 0 Å². The number of methoxy groups -OCH3 is 1. The fourth-order valence-electron chi connectivity index (χ4n) is 5.08. The third-order valence-electron chi connectivity index (χ3n) is 7.11. The molecule has 1 amide bonds. The van der Waals surface area contributed by atoms with Crippen LogP contribution in [0.5, 0.6) is 11.5 Å². The zero-order valence-corrected chi connectivity index (χ0v) is 24.6. The normalized spacial score (nSPS) is 18.6. The minimum absolute atomic E-state index is 0.0115. The van der Waals surface area contributed by atoms with Crippen LogP contribution in [0.4, 0.5) is 0 Å². The molecule has 1 saturated heterocycles. The lowest BCUT2D eigenvalue weighted by Crippen LogP contribution is -2.52. The molecular formula is C31H47N3O5. The number of aryl methyl sites for hydroxylation is 1. The highest BCUT2D eigenvalue weighted by molar-refractivity contribution is 5.77. The monoisotopic (exact) mass is 541 g/mol. The van der Waals surface area contributed by atoms with Crippen LogP contribution in [0.15, 0.2) is 48.5 Å². The predicted molar refractivity (Wildman–Crippen MR) is 154 cm³/mol. The molecule has 39 heavy (non-hydrogen) atoms. The van der Waals surface area contributed by atoms with Gasteiger partial charge in [0.25, 0.3) is 0 Å². The van der Waals surface area contributed by atoms with Crippen molar-refractivity contribution in [1.82, 2.24) is 14.7 Å². The molecule has 0 spiro atoms. The number of hydrogen-bond acceptors (Lipinski definition) is 7. The molecule has 0 radical (unpaired) electrons. The van der Waals surface area contributed by atoms with Gasteiger partial charge in [-0.3, -0.25) is 14.6 Å². The molecular weight excluding hydrogens is 494 g/mol. The van der Waals surface area contributed by atoms with Crippen LogP contribution in [-0.2, 0) is 16.1 Å². The van der Waals surface area contributed by atoms with Crippen LogP contribution in [0.1, 0.15) is 38.8 Å². The van der Waals surface area contributed by atoms with Crippen LogP contribution < -0.4 is 9.47 Å². The number of carbonyl (C=O) groups excluding carboxylic acids is 1. The molecule has 1 aliphatic rings. The number of nitrogens with zero attached hydrogens (tertiary/aromatic N) is 3. The van der Waals surface area contributed by atoms with E-state index in [-0.39, 0.29) is 25.7 Å². The van der Waals surface area contributed by atoms with Gasteiger partial charge in [-0.2, -0.15) is 0 Å². The smallest absolute Gasteiger partial charge is 0.248 e. The van der Waals surface area contributed by atoms with Gasteiger partial charge in [0.1, 0.15) is 36.9 Å². The van der Waals surface area contributed by atoms with Crippen molar-refractivity contribution in [2.24, 2.45) is 0 Å². The molecule has 0 saturated carbocycles. The number of β-amino-alcohol motifs (C(OH)–C–C–N with tert-alkyl or cyclic N) is 1. The first-order valence-corrected chi connectivity index (χ1v) is 14.0. The fourth-order valence-corrected chi connectivity index (χ4v) is 5.08. The summed E-state index contributed by atoms with van der Waals surface area (Å²) in [6, 6.07) is 16.8. The number of ether oxygens (including phenoxy) is 3. The van der Waals surface area contributed by atoms with E-state index in [4.69, 9.17) is 14.2 Å². The lowest BCUT2D eigenvalue weighted by molar-refractivity contribution is -0.138. The van der Waals surface area contributed by atoms with E-state index in [1.807, 2.05) is 43.3 Å². The van der Waals surface area contributed by atoms with Crippen LogP contribution in [0.25, 0.3) is 0 Å². The molecule has 0 aromatic heterocycles. The second-order valence-corrected chi connectivity index (χ2v) is 11.2. The summed E-state index contributed by atoms with van der Waals surface area (Å²) >= 11 is 0. The van der Waals surface area contributed by atoms with Crippen molar-refractivity contribution in [2.45, 2.75) is 58.8 Å². The third kappa shape index (κ3) is 9.80. The number of aliphatic hydroxyl groups is 1. The van der Waals surface area contributed by atoms with Gasteiger partial charge in [0.2, 0.25) is 5.91 Å². The Morgan fingerprint density at radius 1 is 0.949 bits per heavy atom. The van der Waals surface area contributed by atoms with Gasteiger partial charge < -0.3 is 24.2 Å². The Morgan fingerprint density at radius 2 is 1.56 bits per heavy atom. The second kappa shape index (κ2) is 14.7. The maximum absolute atomic E-state index is 12.7. The van der Waals surface area contributed by atoms with Crippen molar-refractivity contribution in [1.29, 1.82) is 0 Å². The summed E-state index contributed by atoms with van der Waals surface area (Å²) in [6.07, 6.45) is 0. The van der Waals surface area contributed by atoms with Crippen molar-refractivity contribution < 1.29 is 24.1 Å². The molecule has 8 heteroatoms. The van der Waals surface area contributed by atoms with Gasteiger partial charge in [0.05, 0.1) is 6.54 Å². The highest BCUT2D eigenvalue weighted by Crippen LogP contribution is 2.21. The van der Waals surface area contributed by atoms with Crippen molar-refractivity contribution in [3.8, 4) is 11.5 Å². The summed E-state index contributed by atoms with van der Waals surface area (Å²) in [5.74, 6) is 1.41. The quantitative estimate of drug-likeness (QED) is 0.415. The molecule has 1 unspecified atom stereocenters. The van der Waals surface area contributed by atoms with Crippen LogP contribution in [-0.4, -0.2) is 103 Å². The maximum Gasteiger partial charge on any atom is 0.248 e. The van der Waals surface area contributed by atoms with Crippen LogP contribution in [0.3, 0.4) is 0 Å². The largest absolute Gasteiger partial charge is 0.492 e. The van der Waals surface area contributed by atoms with Crippen LogP contribution >= 0.6 is 0 Å². The third-order valence-corrected chi connectivity index (χ3v) is 7.11. The van der Waals surface area contributed by atoms with Gasteiger partial charge >= 0.3 is 0 Å². The Hall–Kier alpha value is -2.65. The molecule has 8 nitrogen and oxygen atoms in total. The Balaban J connectivity index is 1.62. The molecule has 1 fully saturated rings. The first kappa shape index (κ1) is 30.9. The predicted octanol–water partition coefficient (Wildman–Crippen LogP) is 3.59. The highest BCUT2D eigenvalue weighted by atomic mass is 16.5. The summed E-state index contributed by atoms with van der Waals surface area (Å²) < 4.78 is 17.1. The molecule has 1 N–H and O–H groups in total. The van der Waals surface area contributed by atoms with E-state index in [0.29, 0.717) is 50.6 Å². The number of rotatable bonds is 13. The topological polar surface area (TPSA) is 74.7 Å². The lowest BCUT2D eigenvalue weighted by atomic mass is 10.0.